The zero-order valence-corrected chi connectivity index (χ0v) is 12.8. The molecule has 104 valence electrons. The molecule has 0 bridgehead atoms. The van der Waals surface area contributed by atoms with Crippen LogP contribution in [0.5, 0.6) is 0 Å². The summed E-state index contributed by atoms with van der Waals surface area (Å²) in [5, 5.41) is 0. The molecule has 2 rings (SSSR count). The molecular formula is C16H23NOS. The quantitative estimate of drug-likeness (QED) is 0.564. The summed E-state index contributed by atoms with van der Waals surface area (Å²) in [7, 11) is 2.03. The van der Waals surface area contributed by atoms with Crippen LogP contribution in [0, 0.1) is 0 Å². The molecule has 1 aromatic rings. The Morgan fingerprint density at radius 2 is 2.11 bits per heavy atom. The van der Waals surface area contributed by atoms with Gasteiger partial charge in [-0.1, -0.05) is 12.1 Å². The van der Waals surface area contributed by atoms with Gasteiger partial charge in [0.25, 0.3) is 0 Å². The van der Waals surface area contributed by atoms with E-state index in [0.29, 0.717) is 6.54 Å². The van der Waals surface area contributed by atoms with Crippen molar-refractivity contribution in [1.82, 2.24) is 4.90 Å². The zero-order valence-electron chi connectivity index (χ0n) is 11.9. The van der Waals surface area contributed by atoms with E-state index < -0.39 is 0 Å². The highest BCUT2D eigenvalue weighted by atomic mass is 32.2. The van der Waals surface area contributed by atoms with Crippen LogP contribution in [0.25, 0.3) is 0 Å². The number of likely N-dealkylation sites (N-methyl/N-ethyl adjacent to an activating group) is 1. The van der Waals surface area contributed by atoms with E-state index in [4.69, 9.17) is 0 Å². The minimum absolute atomic E-state index is 0.251. The van der Waals surface area contributed by atoms with Crippen molar-refractivity contribution in [2.24, 2.45) is 0 Å². The molecular weight excluding hydrogens is 254 g/mol. The average molecular weight is 277 g/mol. The molecule has 0 fully saturated rings. The molecule has 0 N–H and O–H groups in total. The minimum atomic E-state index is 0.251. The highest BCUT2D eigenvalue weighted by Gasteiger charge is 2.14. The number of carbonyl (C=O) groups excluding carboxylic acids is 1. The molecule has 1 aromatic carbocycles. The predicted molar refractivity (Wildman–Crippen MR) is 83.3 cm³/mol. The first-order valence-corrected chi connectivity index (χ1v) is 8.42. The lowest BCUT2D eigenvalue weighted by Crippen LogP contribution is -2.27. The number of thioether (sulfide) groups is 1. The summed E-state index contributed by atoms with van der Waals surface area (Å²) in [5.41, 5.74) is 3.71. The van der Waals surface area contributed by atoms with Gasteiger partial charge < -0.3 is 0 Å². The third kappa shape index (κ3) is 4.08. The van der Waals surface area contributed by atoms with Crippen molar-refractivity contribution in [2.75, 3.05) is 32.1 Å². The largest absolute Gasteiger partial charge is 0.299 e. The van der Waals surface area contributed by atoms with Crippen molar-refractivity contribution in [3.05, 3.63) is 34.9 Å². The lowest BCUT2D eigenvalue weighted by atomic mass is 10.0. The Morgan fingerprint density at radius 3 is 2.89 bits per heavy atom. The molecule has 1 aliphatic carbocycles. The third-order valence-corrected chi connectivity index (χ3v) is 4.42. The second-order valence-corrected chi connectivity index (χ2v) is 6.33. The monoisotopic (exact) mass is 277 g/mol. The van der Waals surface area contributed by atoms with Crippen molar-refractivity contribution in [3.8, 4) is 0 Å². The van der Waals surface area contributed by atoms with E-state index in [0.717, 1.165) is 30.7 Å². The molecule has 0 aromatic heterocycles. The summed E-state index contributed by atoms with van der Waals surface area (Å²) in [6, 6.07) is 6.26. The van der Waals surface area contributed by atoms with E-state index in [9.17, 15) is 4.79 Å². The van der Waals surface area contributed by atoms with Crippen LogP contribution in [0.2, 0.25) is 0 Å². The molecule has 0 spiro atoms. The summed E-state index contributed by atoms with van der Waals surface area (Å²) in [6.07, 6.45) is 6.82. The molecule has 3 heteroatoms. The second-order valence-electron chi connectivity index (χ2n) is 5.34. The molecule has 19 heavy (non-hydrogen) atoms. The Bertz CT molecular complexity index is 444. The Labute approximate surface area is 120 Å². The maximum atomic E-state index is 12.2. The number of rotatable bonds is 7. The lowest BCUT2D eigenvalue weighted by molar-refractivity contribution is 0.0946. The van der Waals surface area contributed by atoms with E-state index in [-0.39, 0.29) is 5.78 Å². The van der Waals surface area contributed by atoms with Crippen molar-refractivity contribution in [2.45, 2.75) is 25.7 Å². The predicted octanol–water partition coefficient (Wildman–Crippen LogP) is 3.04. The maximum absolute atomic E-state index is 12.2. The standard InChI is InChI=1S/C16H23NOS/c1-17(9-4-10-19-2)12-16(18)15-8-7-13-5-3-6-14(13)11-15/h7-8,11H,3-6,9-10,12H2,1-2H3. The molecule has 0 atom stereocenters. The van der Waals surface area contributed by atoms with E-state index in [1.807, 2.05) is 24.9 Å². The highest BCUT2D eigenvalue weighted by Crippen LogP contribution is 2.23. The van der Waals surface area contributed by atoms with Crippen molar-refractivity contribution in [3.63, 3.8) is 0 Å². The van der Waals surface area contributed by atoms with Gasteiger partial charge in [0.15, 0.2) is 5.78 Å². The number of nitrogens with zero attached hydrogens (tertiary/aromatic N) is 1. The van der Waals surface area contributed by atoms with E-state index in [1.165, 1.54) is 24.0 Å². The number of ketones is 1. The third-order valence-electron chi connectivity index (χ3n) is 3.72. The molecule has 0 saturated carbocycles. The summed E-state index contributed by atoms with van der Waals surface area (Å²) in [6.45, 7) is 1.53. The fourth-order valence-electron chi connectivity index (χ4n) is 2.64. The maximum Gasteiger partial charge on any atom is 0.176 e. The van der Waals surface area contributed by atoms with E-state index in [2.05, 4.69) is 23.3 Å². The number of hydrogen-bond acceptors (Lipinski definition) is 3. The van der Waals surface area contributed by atoms with Crippen molar-refractivity contribution < 1.29 is 4.79 Å². The first kappa shape index (κ1) is 14.6. The molecule has 0 saturated heterocycles. The Balaban J connectivity index is 1.89. The number of benzene rings is 1. The minimum Gasteiger partial charge on any atom is -0.299 e. The van der Waals surface area contributed by atoms with Gasteiger partial charge in [-0.05, 0) is 68.5 Å². The topological polar surface area (TPSA) is 20.3 Å². The fourth-order valence-corrected chi connectivity index (χ4v) is 3.06. The molecule has 2 nitrogen and oxygen atoms in total. The summed E-state index contributed by atoms with van der Waals surface area (Å²) < 4.78 is 0. The number of fused-ring (bicyclic) bond motifs is 1. The molecule has 0 unspecified atom stereocenters. The van der Waals surface area contributed by atoms with Crippen LogP contribution in [0.1, 0.15) is 34.3 Å². The SMILES string of the molecule is CSCCCN(C)CC(=O)c1ccc2c(c1)CCC2. The van der Waals surface area contributed by atoms with Gasteiger partial charge in [-0.25, -0.2) is 0 Å². The van der Waals surface area contributed by atoms with Crippen LogP contribution in [0.4, 0.5) is 0 Å². The highest BCUT2D eigenvalue weighted by molar-refractivity contribution is 7.98. The number of carbonyl (C=O) groups is 1. The van der Waals surface area contributed by atoms with Gasteiger partial charge in [0.2, 0.25) is 0 Å². The van der Waals surface area contributed by atoms with Crippen molar-refractivity contribution in [1.29, 1.82) is 0 Å². The van der Waals surface area contributed by atoms with Crippen LogP contribution < -0.4 is 0 Å². The number of aryl methyl sites for hydroxylation is 2. The van der Waals surface area contributed by atoms with Crippen LogP contribution in [0.3, 0.4) is 0 Å². The smallest absolute Gasteiger partial charge is 0.176 e. The molecule has 1 aliphatic rings. The van der Waals surface area contributed by atoms with Gasteiger partial charge in [-0.3, -0.25) is 9.69 Å². The van der Waals surface area contributed by atoms with E-state index in [1.54, 1.807) is 0 Å². The number of hydrogen-bond donors (Lipinski definition) is 0. The van der Waals surface area contributed by atoms with Crippen molar-refractivity contribution >= 4 is 17.5 Å². The molecule has 0 aliphatic heterocycles. The van der Waals surface area contributed by atoms with Crippen LogP contribution in [-0.4, -0.2) is 42.8 Å². The van der Waals surface area contributed by atoms with Gasteiger partial charge in [-0.2, -0.15) is 11.8 Å². The van der Waals surface area contributed by atoms with Gasteiger partial charge in [0.05, 0.1) is 6.54 Å². The molecule has 0 radical (unpaired) electrons. The first-order valence-electron chi connectivity index (χ1n) is 7.03. The first-order chi connectivity index (χ1) is 9.20. The Hall–Kier alpha value is -0.800. The van der Waals surface area contributed by atoms with Crippen LogP contribution >= 0.6 is 11.8 Å². The van der Waals surface area contributed by atoms with Gasteiger partial charge in [-0.15, -0.1) is 0 Å². The zero-order chi connectivity index (χ0) is 13.7. The summed E-state index contributed by atoms with van der Waals surface area (Å²) >= 11 is 1.86. The normalized spacial score (nSPS) is 13.8. The van der Waals surface area contributed by atoms with Gasteiger partial charge in [0, 0.05) is 5.56 Å². The summed E-state index contributed by atoms with van der Waals surface area (Å²) in [5.74, 6) is 1.42. The van der Waals surface area contributed by atoms with Gasteiger partial charge in [0.1, 0.15) is 0 Å². The number of Topliss-reactive ketones (excluding diaryl/α,β-unsaturated/α-hetero) is 1. The summed E-state index contributed by atoms with van der Waals surface area (Å²) in [4.78, 5) is 14.4. The van der Waals surface area contributed by atoms with E-state index >= 15 is 0 Å². The average Bonchev–Trinajstić information content (AvgIpc) is 2.86. The lowest BCUT2D eigenvalue weighted by Gasteiger charge is -2.15. The fraction of sp³-hybridized carbons (Fsp3) is 0.562. The van der Waals surface area contributed by atoms with Crippen LogP contribution in [0.15, 0.2) is 18.2 Å². The Morgan fingerprint density at radius 1 is 1.32 bits per heavy atom. The molecule has 0 heterocycles. The van der Waals surface area contributed by atoms with Gasteiger partial charge >= 0.3 is 0 Å². The molecule has 0 amide bonds. The second kappa shape index (κ2) is 7.11. The van der Waals surface area contributed by atoms with Crippen LogP contribution in [-0.2, 0) is 12.8 Å². The Kier molecular flexibility index (Phi) is 5.46.